The van der Waals surface area contributed by atoms with Crippen molar-refractivity contribution < 1.29 is 9.53 Å². The lowest BCUT2D eigenvalue weighted by Crippen LogP contribution is -2.54. The van der Waals surface area contributed by atoms with Crippen molar-refractivity contribution in [2.75, 3.05) is 52.9 Å². The topological polar surface area (TPSA) is 60.4 Å². The molecule has 0 atom stereocenters. The normalized spacial score (nSPS) is 20.2. The first-order valence-corrected chi connectivity index (χ1v) is 11.4. The highest BCUT2D eigenvalue weighted by Gasteiger charge is 2.25. The van der Waals surface area contributed by atoms with Crippen LogP contribution in [0.4, 0.5) is 0 Å². The van der Waals surface area contributed by atoms with E-state index >= 15 is 0 Å². The zero-order valence-electron chi connectivity index (χ0n) is 18.6. The number of para-hydroxylation sites is 1. The smallest absolute Gasteiger partial charge is 0.236 e. The second-order valence-electron chi connectivity index (χ2n) is 8.53. The Bertz CT molecular complexity index is 741. The lowest BCUT2D eigenvalue weighted by Gasteiger charge is -2.36. The summed E-state index contributed by atoms with van der Waals surface area (Å²) in [5.74, 6) is 2.18. The summed E-state index contributed by atoms with van der Waals surface area (Å²) in [6.07, 6.45) is 6.27. The fourth-order valence-corrected chi connectivity index (χ4v) is 4.32. The summed E-state index contributed by atoms with van der Waals surface area (Å²) in [7, 11) is 1.84. The van der Waals surface area contributed by atoms with Crippen molar-refractivity contribution in [1.29, 1.82) is 0 Å². The summed E-state index contributed by atoms with van der Waals surface area (Å²) in [6.45, 7) is 6.65. The molecular formula is C23H36IN5O2. The molecule has 1 saturated carbocycles. The predicted octanol–water partition coefficient (Wildman–Crippen LogP) is 2.55. The van der Waals surface area contributed by atoms with Gasteiger partial charge in [-0.25, -0.2) is 0 Å². The van der Waals surface area contributed by atoms with Gasteiger partial charge in [0.15, 0.2) is 5.96 Å². The molecule has 2 heterocycles. The van der Waals surface area contributed by atoms with Crippen LogP contribution in [-0.2, 0) is 11.3 Å². The fourth-order valence-electron chi connectivity index (χ4n) is 4.32. The molecule has 172 valence electrons. The third-order valence-electron chi connectivity index (χ3n) is 6.46. The molecule has 0 bridgehead atoms. The van der Waals surface area contributed by atoms with Gasteiger partial charge in [0.05, 0.1) is 12.6 Å². The molecule has 3 aliphatic rings. The number of nitrogens with one attached hydrogen (secondary N) is 1. The summed E-state index contributed by atoms with van der Waals surface area (Å²) >= 11 is 0. The molecule has 2 saturated heterocycles. The molecule has 0 spiro atoms. The maximum Gasteiger partial charge on any atom is 0.236 e. The van der Waals surface area contributed by atoms with Crippen LogP contribution in [0.25, 0.3) is 0 Å². The number of carbonyl (C=O) groups excluding carboxylic acids is 1. The molecule has 2 aliphatic heterocycles. The number of likely N-dealkylation sites (tertiary alicyclic amines) is 1. The summed E-state index contributed by atoms with van der Waals surface area (Å²) in [5, 5.41) is 3.51. The van der Waals surface area contributed by atoms with Crippen molar-refractivity contribution in [3.8, 4) is 5.75 Å². The van der Waals surface area contributed by atoms with Crippen LogP contribution in [0.3, 0.4) is 0 Å². The Labute approximate surface area is 203 Å². The van der Waals surface area contributed by atoms with Crippen molar-refractivity contribution >= 4 is 35.8 Å². The van der Waals surface area contributed by atoms with E-state index in [0.717, 1.165) is 76.7 Å². The van der Waals surface area contributed by atoms with E-state index in [2.05, 4.69) is 38.3 Å². The Morgan fingerprint density at radius 2 is 1.74 bits per heavy atom. The Balaban J connectivity index is 0.00000272. The molecule has 1 aromatic rings. The van der Waals surface area contributed by atoms with Crippen LogP contribution in [0.1, 0.15) is 37.7 Å². The van der Waals surface area contributed by atoms with E-state index in [-0.39, 0.29) is 29.9 Å². The van der Waals surface area contributed by atoms with Crippen LogP contribution < -0.4 is 10.1 Å². The highest BCUT2D eigenvalue weighted by molar-refractivity contribution is 14.0. The summed E-state index contributed by atoms with van der Waals surface area (Å²) in [6, 6.07) is 8.28. The minimum absolute atomic E-state index is 0. The number of rotatable bonds is 6. The van der Waals surface area contributed by atoms with Gasteiger partial charge in [-0.3, -0.25) is 14.7 Å². The van der Waals surface area contributed by atoms with Gasteiger partial charge in [-0.15, -0.1) is 24.0 Å². The Morgan fingerprint density at radius 1 is 1.03 bits per heavy atom. The number of carbonyl (C=O) groups is 1. The molecule has 7 nitrogen and oxygen atoms in total. The molecule has 0 aromatic heterocycles. The number of aliphatic imine (C=N–C) groups is 1. The molecule has 1 aliphatic carbocycles. The maximum atomic E-state index is 12.4. The van der Waals surface area contributed by atoms with Crippen LogP contribution in [0.5, 0.6) is 5.75 Å². The molecule has 8 heteroatoms. The van der Waals surface area contributed by atoms with Gasteiger partial charge in [-0.1, -0.05) is 18.2 Å². The average Bonchev–Trinajstić information content (AvgIpc) is 3.28. The third-order valence-corrected chi connectivity index (χ3v) is 6.46. The first kappa shape index (κ1) is 24.1. The van der Waals surface area contributed by atoms with Gasteiger partial charge in [0.25, 0.3) is 0 Å². The summed E-state index contributed by atoms with van der Waals surface area (Å²) in [4.78, 5) is 23.5. The number of nitrogens with zero attached hydrogens (tertiary/aromatic N) is 4. The van der Waals surface area contributed by atoms with E-state index in [4.69, 9.17) is 4.74 Å². The molecule has 4 rings (SSSR count). The Hall–Kier alpha value is -1.55. The van der Waals surface area contributed by atoms with Crippen molar-refractivity contribution in [3.63, 3.8) is 0 Å². The van der Waals surface area contributed by atoms with Crippen LogP contribution >= 0.6 is 24.0 Å². The number of hydrogen-bond acceptors (Lipinski definition) is 4. The monoisotopic (exact) mass is 541 g/mol. The van der Waals surface area contributed by atoms with Gasteiger partial charge < -0.3 is 19.9 Å². The van der Waals surface area contributed by atoms with Gasteiger partial charge in [0.1, 0.15) is 5.75 Å². The predicted molar refractivity (Wildman–Crippen MR) is 134 cm³/mol. The lowest BCUT2D eigenvalue weighted by molar-refractivity contribution is -0.131. The van der Waals surface area contributed by atoms with E-state index < -0.39 is 0 Å². The van der Waals surface area contributed by atoms with E-state index in [1.807, 2.05) is 18.0 Å². The van der Waals surface area contributed by atoms with Crippen LogP contribution in [0.2, 0.25) is 0 Å². The quantitative estimate of drug-likeness (QED) is 0.341. The van der Waals surface area contributed by atoms with Gasteiger partial charge in [0, 0.05) is 58.4 Å². The van der Waals surface area contributed by atoms with E-state index in [1.54, 1.807) is 0 Å². The lowest BCUT2D eigenvalue weighted by atomic mass is 9.96. The number of halogens is 1. The number of guanidine groups is 1. The van der Waals surface area contributed by atoms with Gasteiger partial charge in [0.2, 0.25) is 5.91 Å². The van der Waals surface area contributed by atoms with Crippen LogP contribution in [-0.4, -0.2) is 85.5 Å². The molecule has 1 amide bonds. The van der Waals surface area contributed by atoms with Crippen LogP contribution in [0.15, 0.2) is 29.3 Å². The molecule has 3 fully saturated rings. The van der Waals surface area contributed by atoms with Gasteiger partial charge >= 0.3 is 0 Å². The molecular weight excluding hydrogens is 505 g/mol. The van der Waals surface area contributed by atoms with Gasteiger partial charge in [-0.05, 0) is 38.2 Å². The fraction of sp³-hybridized carbons (Fsp3) is 0.652. The first-order valence-electron chi connectivity index (χ1n) is 11.4. The number of amides is 1. The van der Waals surface area contributed by atoms with Crippen molar-refractivity contribution in [2.45, 2.75) is 44.8 Å². The molecule has 1 N–H and O–H groups in total. The molecule has 31 heavy (non-hydrogen) atoms. The standard InChI is InChI=1S/C23H35N5O2.HI/c1-24-23(25-17-19-7-2-3-10-21(19)30-20-8-6-9-20)28-15-13-26(14-16-28)18-22(29)27-11-4-5-12-27;/h2-3,7,10,20H,4-6,8-9,11-18H2,1H3,(H,24,25);1H. The minimum atomic E-state index is 0. The average molecular weight is 541 g/mol. The van der Waals surface area contributed by atoms with Crippen molar-refractivity contribution in [1.82, 2.24) is 20.0 Å². The van der Waals surface area contributed by atoms with Crippen molar-refractivity contribution in [3.05, 3.63) is 29.8 Å². The highest BCUT2D eigenvalue weighted by atomic mass is 127. The SMILES string of the molecule is CN=C(NCc1ccccc1OC1CCC1)N1CCN(CC(=O)N2CCCC2)CC1.I. The second kappa shape index (κ2) is 11.9. The maximum absolute atomic E-state index is 12.4. The third kappa shape index (κ3) is 6.47. The number of ether oxygens (including phenoxy) is 1. The second-order valence-corrected chi connectivity index (χ2v) is 8.53. The number of piperazine rings is 1. The Kier molecular flexibility index (Phi) is 9.25. The zero-order valence-corrected chi connectivity index (χ0v) is 20.9. The first-order chi connectivity index (χ1) is 14.7. The minimum Gasteiger partial charge on any atom is -0.490 e. The zero-order chi connectivity index (χ0) is 20.8. The van der Waals surface area contributed by atoms with Crippen molar-refractivity contribution in [2.24, 2.45) is 4.99 Å². The van der Waals surface area contributed by atoms with E-state index in [0.29, 0.717) is 19.2 Å². The molecule has 0 radical (unpaired) electrons. The Morgan fingerprint density at radius 3 is 2.39 bits per heavy atom. The number of hydrogen-bond donors (Lipinski definition) is 1. The highest BCUT2D eigenvalue weighted by Crippen LogP contribution is 2.27. The molecule has 1 aromatic carbocycles. The molecule has 0 unspecified atom stereocenters. The number of benzene rings is 1. The van der Waals surface area contributed by atoms with E-state index in [1.165, 1.54) is 12.0 Å². The summed E-state index contributed by atoms with van der Waals surface area (Å²) in [5.41, 5.74) is 1.17. The summed E-state index contributed by atoms with van der Waals surface area (Å²) < 4.78 is 6.15. The van der Waals surface area contributed by atoms with Gasteiger partial charge in [-0.2, -0.15) is 0 Å². The van der Waals surface area contributed by atoms with Crippen LogP contribution in [0, 0.1) is 0 Å². The largest absolute Gasteiger partial charge is 0.490 e. The van der Waals surface area contributed by atoms with E-state index in [9.17, 15) is 4.79 Å².